The third-order valence-corrected chi connectivity index (χ3v) is 6.86. The predicted molar refractivity (Wildman–Crippen MR) is 165 cm³/mol. The van der Waals surface area contributed by atoms with Gasteiger partial charge in [0, 0.05) is 12.1 Å². The molecular formula is C38H29FO3. The van der Waals surface area contributed by atoms with Gasteiger partial charge in [-0.1, -0.05) is 115 Å². The highest BCUT2D eigenvalue weighted by molar-refractivity contribution is 5.64. The quantitative estimate of drug-likeness (QED) is 0.169. The van der Waals surface area contributed by atoms with E-state index in [-0.39, 0.29) is 5.82 Å². The largest absolute Gasteiger partial charge is 0.485 e. The van der Waals surface area contributed by atoms with Crippen LogP contribution in [-0.2, 0) is 13.2 Å². The first-order valence-electron chi connectivity index (χ1n) is 13.8. The van der Waals surface area contributed by atoms with Crippen molar-refractivity contribution in [1.82, 2.24) is 0 Å². The normalized spacial score (nSPS) is 10.7. The molecule has 0 atom stereocenters. The third kappa shape index (κ3) is 6.86. The van der Waals surface area contributed by atoms with Gasteiger partial charge in [-0.15, -0.1) is 0 Å². The van der Waals surface area contributed by atoms with Gasteiger partial charge in [-0.05, 0) is 57.6 Å². The van der Waals surface area contributed by atoms with E-state index in [1.807, 2.05) is 42.5 Å². The van der Waals surface area contributed by atoms with Gasteiger partial charge in [0.1, 0.15) is 30.5 Å². The number of hydrogen-bond donors (Lipinski definition) is 0. The molecule has 0 heterocycles. The van der Waals surface area contributed by atoms with Gasteiger partial charge in [-0.25, -0.2) is 4.39 Å². The minimum atomic E-state index is -0.360. The van der Waals surface area contributed by atoms with Crippen LogP contribution in [0.25, 0.3) is 22.3 Å². The predicted octanol–water partition coefficient (Wildman–Crippen LogP) is 10.1. The topological polar surface area (TPSA) is 27.7 Å². The lowest BCUT2D eigenvalue weighted by atomic mass is 10.0. The second-order valence-corrected chi connectivity index (χ2v) is 9.87. The van der Waals surface area contributed by atoms with Gasteiger partial charge < -0.3 is 14.2 Å². The maximum Gasteiger partial charge on any atom is 0.165 e. The molecule has 0 saturated carbocycles. The summed E-state index contributed by atoms with van der Waals surface area (Å²) in [5, 5.41) is 0. The Labute approximate surface area is 245 Å². The van der Waals surface area contributed by atoms with Crippen LogP contribution in [0, 0.1) is 5.82 Å². The second-order valence-electron chi connectivity index (χ2n) is 9.87. The zero-order valence-corrected chi connectivity index (χ0v) is 23.0. The van der Waals surface area contributed by atoms with Gasteiger partial charge >= 0.3 is 0 Å². The van der Waals surface area contributed by atoms with E-state index in [1.165, 1.54) is 23.3 Å². The fourth-order valence-electron chi connectivity index (χ4n) is 4.62. The number of halogens is 1. The molecule has 42 heavy (non-hydrogen) atoms. The van der Waals surface area contributed by atoms with Crippen molar-refractivity contribution in [3.05, 3.63) is 169 Å². The first-order chi connectivity index (χ1) is 20.7. The maximum absolute atomic E-state index is 13.7. The zero-order chi connectivity index (χ0) is 28.6. The van der Waals surface area contributed by atoms with Crippen LogP contribution >= 0.6 is 0 Å². The summed E-state index contributed by atoms with van der Waals surface area (Å²) in [7, 11) is 0. The van der Waals surface area contributed by atoms with Crippen LogP contribution in [0.1, 0.15) is 11.1 Å². The molecule has 0 aliphatic rings. The molecule has 0 radical (unpaired) electrons. The number of benzene rings is 6. The Balaban J connectivity index is 1.18. The molecule has 206 valence electrons. The summed E-state index contributed by atoms with van der Waals surface area (Å²) in [4.78, 5) is 0. The van der Waals surface area contributed by atoms with Crippen molar-refractivity contribution in [2.24, 2.45) is 0 Å². The van der Waals surface area contributed by atoms with Crippen LogP contribution in [0.4, 0.5) is 4.39 Å². The van der Waals surface area contributed by atoms with Crippen LogP contribution < -0.4 is 14.2 Å². The van der Waals surface area contributed by atoms with Gasteiger partial charge in [0.15, 0.2) is 11.5 Å². The van der Waals surface area contributed by atoms with Crippen LogP contribution in [0.15, 0.2) is 152 Å². The molecule has 0 bridgehead atoms. The molecule has 0 aliphatic heterocycles. The molecule has 0 fully saturated rings. The van der Waals surface area contributed by atoms with E-state index < -0.39 is 0 Å². The number of hydrogen-bond acceptors (Lipinski definition) is 3. The monoisotopic (exact) mass is 552 g/mol. The lowest BCUT2D eigenvalue weighted by molar-refractivity contribution is 0.255. The van der Waals surface area contributed by atoms with Crippen molar-refractivity contribution < 1.29 is 18.6 Å². The summed E-state index contributed by atoms with van der Waals surface area (Å²) in [5.41, 5.74) is 6.70. The van der Waals surface area contributed by atoms with Gasteiger partial charge in [0.25, 0.3) is 0 Å². The van der Waals surface area contributed by atoms with Gasteiger partial charge in [-0.2, -0.15) is 0 Å². The molecule has 6 rings (SSSR count). The highest BCUT2D eigenvalue weighted by Gasteiger charge is 2.11. The maximum atomic E-state index is 13.7. The van der Waals surface area contributed by atoms with E-state index in [0.29, 0.717) is 36.2 Å². The zero-order valence-electron chi connectivity index (χ0n) is 23.0. The van der Waals surface area contributed by atoms with Crippen LogP contribution in [0.3, 0.4) is 0 Å². The molecular weight excluding hydrogens is 523 g/mol. The molecule has 0 N–H and O–H groups in total. The van der Waals surface area contributed by atoms with E-state index >= 15 is 0 Å². The lowest BCUT2D eigenvalue weighted by Gasteiger charge is -2.15. The fraction of sp³-hybridized carbons (Fsp3) is 0.0526. The van der Waals surface area contributed by atoms with Crippen molar-refractivity contribution >= 4 is 0 Å². The Morgan fingerprint density at radius 3 is 1.45 bits per heavy atom. The summed E-state index contributed by atoms with van der Waals surface area (Å²) in [6.07, 6.45) is 0. The van der Waals surface area contributed by atoms with E-state index in [2.05, 4.69) is 72.8 Å². The SMILES string of the molecule is Fc1cccc(Oc2ccc(OCc3ccc(-c4ccccc4)cc3)c(OCc3ccc(-c4ccccc4)cc3)c2)c1. The Morgan fingerprint density at radius 2 is 0.905 bits per heavy atom. The summed E-state index contributed by atoms with van der Waals surface area (Å²) in [6, 6.07) is 48.6. The van der Waals surface area contributed by atoms with E-state index in [0.717, 1.165) is 22.3 Å². The van der Waals surface area contributed by atoms with Crippen molar-refractivity contribution in [1.29, 1.82) is 0 Å². The molecule has 6 aromatic rings. The van der Waals surface area contributed by atoms with Gasteiger partial charge in [0.05, 0.1) is 0 Å². The van der Waals surface area contributed by atoms with E-state index in [9.17, 15) is 4.39 Å². The molecule has 0 spiro atoms. The summed E-state index contributed by atoms with van der Waals surface area (Å²) >= 11 is 0. The first kappa shape index (κ1) is 26.9. The van der Waals surface area contributed by atoms with Gasteiger partial charge in [0.2, 0.25) is 0 Å². The smallest absolute Gasteiger partial charge is 0.165 e. The molecule has 4 heteroatoms. The second kappa shape index (κ2) is 12.9. The minimum Gasteiger partial charge on any atom is -0.485 e. The Bertz CT molecular complexity index is 1730. The number of rotatable bonds is 10. The minimum absolute atomic E-state index is 0.348. The highest BCUT2D eigenvalue weighted by Crippen LogP contribution is 2.35. The molecule has 0 aromatic heterocycles. The lowest BCUT2D eigenvalue weighted by Crippen LogP contribution is -2.01. The molecule has 0 aliphatic carbocycles. The molecule has 3 nitrogen and oxygen atoms in total. The average Bonchev–Trinajstić information content (AvgIpc) is 3.05. The Morgan fingerprint density at radius 1 is 0.405 bits per heavy atom. The van der Waals surface area contributed by atoms with Crippen molar-refractivity contribution in [3.63, 3.8) is 0 Å². The molecule has 0 saturated heterocycles. The van der Waals surface area contributed by atoms with Crippen molar-refractivity contribution in [2.75, 3.05) is 0 Å². The van der Waals surface area contributed by atoms with Crippen LogP contribution in [0.5, 0.6) is 23.0 Å². The third-order valence-electron chi connectivity index (χ3n) is 6.86. The molecule has 0 unspecified atom stereocenters. The molecule has 0 amide bonds. The van der Waals surface area contributed by atoms with E-state index in [4.69, 9.17) is 14.2 Å². The summed E-state index contributed by atoms with van der Waals surface area (Å²) < 4.78 is 32.1. The van der Waals surface area contributed by atoms with Crippen LogP contribution in [0.2, 0.25) is 0 Å². The van der Waals surface area contributed by atoms with E-state index in [1.54, 1.807) is 24.3 Å². The van der Waals surface area contributed by atoms with Crippen molar-refractivity contribution in [2.45, 2.75) is 13.2 Å². The first-order valence-corrected chi connectivity index (χ1v) is 13.8. The fourth-order valence-corrected chi connectivity index (χ4v) is 4.62. The summed E-state index contributed by atoms with van der Waals surface area (Å²) in [5.74, 6) is 1.70. The summed E-state index contributed by atoms with van der Waals surface area (Å²) in [6.45, 7) is 0.724. The highest BCUT2D eigenvalue weighted by atomic mass is 19.1. The standard InChI is InChI=1S/C38H29FO3/c39-34-12-7-13-35(24-34)42-36-22-23-37(40-26-28-14-18-32(19-15-28)30-8-3-1-4-9-30)38(25-36)41-27-29-16-20-33(21-17-29)31-10-5-2-6-11-31/h1-25H,26-27H2. The Kier molecular flexibility index (Phi) is 8.23. The molecule has 6 aromatic carbocycles. The number of ether oxygens (including phenoxy) is 3. The average molecular weight is 553 g/mol. The van der Waals surface area contributed by atoms with Crippen LogP contribution in [-0.4, -0.2) is 0 Å². The van der Waals surface area contributed by atoms with Gasteiger partial charge in [-0.3, -0.25) is 0 Å². The van der Waals surface area contributed by atoms with Crippen molar-refractivity contribution in [3.8, 4) is 45.3 Å². The Hall–Kier alpha value is -5.35.